The van der Waals surface area contributed by atoms with Crippen molar-refractivity contribution in [1.82, 2.24) is 0 Å². The van der Waals surface area contributed by atoms with Gasteiger partial charge in [0.25, 0.3) is 0 Å². The molecule has 0 aliphatic heterocycles. The minimum Gasteiger partial charge on any atom is -0.373 e. The molecule has 0 aromatic heterocycles. The molecule has 5 heteroatoms. The van der Waals surface area contributed by atoms with Crippen molar-refractivity contribution < 1.29 is 24.8 Å². The molecule has 0 saturated heterocycles. The van der Waals surface area contributed by atoms with Crippen LogP contribution in [0.25, 0.3) is 0 Å². The van der Waals surface area contributed by atoms with Gasteiger partial charge in [-0.1, -0.05) is 57.6 Å². The molecule has 0 bridgehead atoms. The lowest BCUT2D eigenvalue weighted by Crippen LogP contribution is -2.27. The number of methoxy groups -OCH3 is 1. The van der Waals surface area contributed by atoms with Crippen molar-refractivity contribution >= 4 is 0 Å². The maximum Gasteiger partial charge on any atom is 0.180 e. The minimum absolute atomic E-state index is 0.0877. The summed E-state index contributed by atoms with van der Waals surface area (Å²) >= 11 is 0. The van der Waals surface area contributed by atoms with Crippen LogP contribution in [0.3, 0.4) is 0 Å². The fraction of sp³-hybridized carbons (Fsp3) is 0.810. The number of unbranched alkanes of at least 4 members (excludes halogenated alkanes) is 7. The lowest BCUT2D eigenvalue weighted by atomic mass is 9.89. The Balaban J connectivity index is 2.06. The van der Waals surface area contributed by atoms with Gasteiger partial charge in [0.05, 0.1) is 6.10 Å². The summed E-state index contributed by atoms with van der Waals surface area (Å²) in [5, 5.41) is 27.3. The van der Waals surface area contributed by atoms with Crippen LogP contribution in [0, 0.1) is 5.92 Å². The molecule has 0 amide bonds. The molecule has 3 N–H and O–H groups in total. The van der Waals surface area contributed by atoms with E-state index in [1.165, 1.54) is 39.2 Å². The van der Waals surface area contributed by atoms with Crippen LogP contribution in [-0.2, 0) is 9.47 Å². The lowest BCUT2D eigenvalue weighted by Gasteiger charge is -2.28. The van der Waals surface area contributed by atoms with E-state index in [9.17, 15) is 5.11 Å². The first kappa shape index (κ1) is 23.3. The molecule has 3 unspecified atom stereocenters. The Morgan fingerprint density at radius 1 is 0.962 bits per heavy atom. The van der Waals surface area contributed by atoms with Gasteiger partial charge in [-0.05, 0) is 31.8 Å². The van der Waals surface area contributed by atoms with E-state index in [0.717, 1.165) is 37.0 Å². The van der Waals surface area contributed by atoms with Gasteiger partial charge < -0.3 is 24.8 Å². The summed E-state index contributed by atoms with van der Waals surface area (Å²) in [6.45, 7) is 4.93. The molecule has 0 heterocycles. The number of aliphatic hydroxyl groups excluding tert-OH is 2. The number of hydrogen-bond donors (Lipinski definition) is 3. The summed E-state index contributed by atoms with van der Waals surface area (Å²) in [7, 11) is 1.50. The van der Waals surface area contributed by atoms with Gasteiger partial charge in [-0.2, -0.15) is 0 Å². The highest BCUT2D eigenvalue weighted by molar-refractivity contribution is 5.33. The summed E-state index contributed by atoms with van der Waals surface area (Å²) in [4.78, 5) is 0. The zero-order valence-corrected chi connectivity index (χ0v) is 16.7. The molecule has 0 radical (unpaired) electrons. The minimum atomic E-state index is -1.15. The quantitative estimate of drug-likeness (QED) is 0.321. The highest BCUT2D eigenvalue weighted by Gasteiger charge is 2.24. The third-order valence-electron chi connectivity index (χ3n) is 4.94. The van der Waals surface area contributed by atoms with Crippen LogP contribution in [0.15, 0.2) is 23.3 Å². The van der Waals surface area contributed by atoms with Gasteiger partial charge >= 0.3 is 0 Å². The average molecular weight is 371 g/mol. The Hall–Kier alpha value is -0.720. The molecule has 0 spiro atoms. The Morgan fingerprint density at radius 2 is 1.54 bits per heavy atom. The van der Waals surface area contributed by atoms with Crippen molar-refractivity contribution in [1.29, 1.82) is 0 Å². The maximum atomic E-state index is 9.80. The van der Waals surface area contributed by atoms with Gasteiger partial charge in [0, 0.05) is 25.2 Å². The van der Waals surface area contributed by atoms with E-state index in [0.29, 0.717) is 6.42 Å². The third kappa shape index (κ3) is 9.28. The van der Waals surface area contributed by atoms with E-state index in [1.54, 1.807) is 0 Å². The Morgan fingerprint density at radius 3 is 2.08 bits per heavy atom. The first-order valence-electron chi connectivity index (χ1n) is 10.0. The zero-order chi connectivity index (χ0) is 19.4. The van der Waals surface area contributed by atoms with Gasteiger partial charge in [0.2, 0.25) is 0 Å². The van der Waals surface area contributed by atoms with E-state index in [4.69, 9.17) is 19.7 Å². The normalized spacial score (nSPS) is 21.7. The largest absolute Gasteiger partial charge is 0.373 e. The average Bonchev–Trinajstić information content (AvgIpc) is 2.60. The number of ether oxygens (including phenoxy) is 2. The summed E-state index contributed by atoms with van der Waals surface area (Å²) < 4.78 is 11.0. The van der Waals surface area contributed by atoms with Crippen LogP contribution in [0.2, 0.25) is 0 Å². The topological polar surface area (TPSA) is 79.2 Å². The SMILES string of the molecule is COC(O)C1=CC(C)C(OCCCCCCCCCCC(O)O)C(C)=C1. The molecule has 0 aromatic rings. The Labute approximate surface area is 158 Å². The second kappa shape index (κ2) is 13.4. The first-order valence-corrected chi connectivity index (χ1v) is 10.0. The Bertz CT molecular complexity index is 430. The first-order chi connectivity index (χ1) is 12.5. The molecule has 1 aliphatic rings. The van der Waals surface area contributed by atoms with Crippen LogP contribution >= 0.6 is 0 Å². The van der Waals surface area contributed by atoms with Crippen molar-refractivity contribution in [2.45, 2.75) is 90.3 Å². The van der Waals surface area contributed by atoms with Crippen LogP contribution < -0.4 is 0 Å². The number of aliphatic hydroxyl groups is 3. The molecule has 152 valence electrons. The third-order valence-corrected chi connectivity index (χ3v) is 4.94. The maximum absolute atomic E-state index is 9.80. The standard InChI is InChI=1S/C21H38O5/c1-16-14-18(21(24)25-3)15-17(2)20(16)26-13-11-9-7-5-4-6-8-10-12-19(22)23/h14-16,19-24H,4-13H2,1-3H3. The highest BCUT2D eigenvalue weighted by Crippen LogP contribution is 2.27. The van der Waals surface area contributed by atoms with E-state index in [1.807, 2.05) is 19.1 Å². The summed E-state index contributed by atoms with van der Waals surface area (Å²) in [5.74, 6) is 0.234. The number of hydrogen-bond acceptors (Lipinski definition) is 5. The van der Waals surface area contributed by atoms with E-state index in [2.05, 4.69) is 6.92 Å². The van der Waals surface area contributed by atoms with Crippen LogP contribution in [0.5, 0.6) is 0 Å². The van der Waals surface area contributed by atoms with Gasteiger partial charge in [-0.25, -0.2) is 0 Å². The van der Waals surface area contributed by atoms with E-state index in [-0.39, 0.29) is 12.0 Å². The van der Waals surface area contributed by atoms with E-state index >= 15 is 0 Å². The van der Waals surface area contributed by atoms with Crippen LogP contribution in [0.4, 0.5) is 0 Å². The van der Waals surface area contributed by atoms with Gasteiger partial charge in [-0.15, -0.1) is 0 Å². The molecular formula is C21H38O5. The van der Waals surface area contributed by atoms with Gasteiger partial charge in [0.15, 0.2) is 12.6 Å². The van der Waals surface area contributed by atoms with Crippen molar-refractivity contribution in [2.75, 3.05) is 13.7 Å². The molecule has 26 heavy (non-hydrogen) atoms. The molecule has 1 aliphatic carbocycles. The summed E-state index contributed by atoms with van der Waals surface area (Å²) in [6.07, 6.45) is 11.7. The zero-order valence-electron chi connectivity index (χ0n) is 16.7. The van der Waals surface area contributed by atoms with Crippen molar-refractivity contribution in [3.8, 4) is 0 Å². The van der Waals surface area contributed by atoms with Gasteiger partial charge in [-0.3, -0.25) is 0 Å². The predicted octanol–water partition coefficient (Wildman–Crippen LogP) is 3.68. The molecule has 0 fully saturated rings. The molecule has 1 rings (SSSR count). The second-order valence-electron chi connectivity index (χ2n) is 7.39. The molecule has 0 aromatic carbocycles. The van der Waals surface area contributed by atoms with Crippen molar-refractivity contribution in [2.24, 2.45) is 5.92 Å². The highest BCUT2D eigenvalue weighted by atomic mass is 16.6. The van der Waals surface area contributed by atoms with Gasteiger partial charge in [0.1, 0.15) is 0 Å². The second-order valence-corrected chi connectivity index (χ2v) is 7.39. The smallest absolute Gasteiger partial charge is 0.180 e. The number of rotatable bonds is 14. The fourth-order valence-electron chi connectivity index (χ4n) is 3.47. The lowest BCUT2D eigenvalue weighted by molar-refractivity contribution is -0.0466. The summed E-state index contributed by atoms with van der Waals surface area (Å²) in [6, 6.07) is 0. The van der Waals surface area contributed by atoms with Crippen LogP contribution in [-0.4, -0.2) is 47.7 Å². The molecule has 5 nitrogen and oxygen atoms in total. The molecule has 3 atom stereocenters. The predicted molar refractivity (Wildman–Crippen MR) is 104 cm³/mol. The van der Waals surface area contributed by atoms with E-state index < -0.39 is 12.6 Å². The fourth-order valence-corrected chi connectivity index (χ4v) is 3.47. The molecular weight excluding hydrogens is 332 g/mol. The van der Waals surface area contributed by atoms with Crippen LogP contribution in [0.1, 0.15) is 71.6 Å². The monoisotopic (exact) mass is 370 g/mol. The van der Waals surface area contributed by atoms with Crippen molar-refractivity contribution in [3.05, 3.63) is 23.3 Å². The summed E-state index contributed by atoms with van der Waals surface area (Å²) in [5.41, 5.74) is 1.95. The van der Waals surface area contributed by atoms with Crippen molar-refractivity contribution in [3.63, 3.8) is 0 Å². The Kier molecular flexibility index (Phi) is 12.1. The molecule has 0 saturated carbocycles.